The molecule has 9 heteroatoms. The highest BCUT2D eigenvalue weighted by Gasteiger charge is 2.14. The number of aromatic amines is 1. The second-order valence-corrected chi connectivity index (χ2v) is 5.99. The van der Waals surface area contributed by atoms with Crippen LogP contribution in [0.5, 0.6) is 0 Å². The molecule has 0 radical (unpaired) electrons. The molecule has 7 N–H and O–H groups in total. The molecule has 0 fully saturated rings. The first-order valence-electron chi connectivity index (χ1n) is 8.65. The van der Waals surface area contributed by atoms with E-state index in [1.807, 2.05) is 37.4 Å². The fourth-order valence-electron chi connectivity index (χ4n) is 2.62. The van der Waals surface area contributed by atoms with E-state index in [1.54, 1.807) is 0 Å². The number of nitrogens with one attached hydrogen (secondary N) is 3. The molecule has 0 aliphatic carbocycles. The summed E-state index contributed by atoms with van der Waals surface area (Å²) < 4.78 is 5.29. The number of nitrogens with two attached hydrogens (primary N) is 2. The van der Waals surface area contributed by atoms with Gasteiger partial charge in [0.25, 0.3) is 5.91 Å². The van der Waals surface area contributed by atoms with Crippen LogP contribution in [0.3, 0.4) is 0 Å². The topological polar surface area (TPSA) is 144 Å². The van der Waals surface area contributed by atoms with Crippen LogP contribution < -0.4 is 22.1 Å². The Bertz CT molecular complexity index is 925. The van der Waals surface area contributed by atoms with E-state index in [2.05, 4.69) is 25.6 Å². The zero-order chi connectivity index (χ0) is 19.2. The van der Waals surface area contributed by atoms with E-state index in [-0.39, 0.29) is 11.6 Å². The molecule has 3 aromatic rings. The van der Waals surface area contributed by atoms with Gasteiger partial charge < -0.3 is 31.8 Å². The third-order valence-electron chi connectivity index (χ3n) is 3.96. The van der Waals surface area contributed by atoms with Crippen LogP contribution in [0.2, 0.25) is 0 Å². The van der Waals surface area contributed by atoms with Crippen molar-refractivity contribution in [2.45, 2.75) is 13.0 Å². The first-order valence-corrected chi connectivity index (χ1v) is 8.65. The number of H-pyrrole nitrogens is 1. The molecule has 0 saturated carbocycles. The van der Waals surface area contributed by atoms with Crippen molar-refractivity contribution in [2.24, 2.45) is 11.5 Å². The van der Waals surface area contributed by atoms with Crippen LogP contribution in [-0.4, -0.2) is 46.7 Å². The summed E-state index contributed by atoms with van der Waals surface area (Å²) in [7, 11) is 0. The Morgan fingerprint density at radius 1 is 1.37 bits per heavy atom. The van der Waals surface area contributed by atoms with Gasteiger partial charge in [-0.15, -0.1) is 0 Å². The molecule has 2 aromatic heterocycles. The number of rotatable bonds is 9. The Morgan fingerprint density at radius 2 is 2.22 bits per heavy atom. The van der Waals surface area contributed by atoms with Crippen molar-refractivity contribution < 1.29 is 9.53 Å². The Balaban J connectivity index is 1.82. The largest absolute Gasteiger partial charge is 0.380 e. The molecule has 1 atom stereocenters. The summed E-state index contributed by atoms with van der Waals surface area (Å²) in [5, 5.41) is 7.20. The van der Waals surface area contributed by atoms with Crippen molar-refractivity contribution in [2.75, 3.05) is 30.4 Å². The molecule has 142 valence electrons. The van der Waals surface area contributed by atoms with Crippen molar-refractivity contribution in [1.82, 2.24) is 15.0 Å². The molecule has 27 heavy (non-hydrogen) atoms. The summed E-state index contributed by atoms with van der Waals surface area (Å²) in [6.45, 7) is 3.39. The number of hydrogen-bond donors (Lipinski definition) is 5. The van der Waals surface area contributed by atoms with Crippen LogP contribution in [0, 0.1) is 0 Å². The molecular formula is C18H23N7O2. The number of nitrogens with zero attached hydrogens (tertiary/aromatic N) is 2. The van der Waals surface area contributed by atoms with Crippen molar-refractivity contribution in [3.8, 4) is 0 Å². The van der Waals surface area contributed by atoms with Gasteiger partial charge in [-0.25, -0.2) is 4.98 Å². The molecule has 0 aliphatic heterocycles. The summed E-state index contributed by atoms with van der Waals surface area (Å²) >= 11 is 0. The van der Waals surface area contributed by atoms with E-state index < -0.39 is 5.91 Å². The maximum absolute atomic E-state index is 11.8. The van der Waals surface area contributed by atoms with Gasteiger partial charge in [0.15, 0.2) is 0 Å². The minimum atomic E-state index is -0.613. The molecule has 0 aliphatic rings. The molecule has 0 unspecified atom stereocenters. The summed E-state index contributed by atoms with van der Waals surface area (Å²) in [6, 6.07) is 7.50. The number of amides is 1. The highest BCUT2D eigenvalue weighted by Crippen LogP contribution is 2.26. The van der Waals surface area contributed by atoms with E-state index in [9.17, 15) is 4.79 Å². The number of benzene rings is 1. The maximum atomic E-state index is 11.8. The molecule has 0 saturated heterocycles. The monoisotopic (exact) mass is 369 g/mol. The number of hydrogen-bond acceptors (Lipinski definition) is 7. The van der Waals surface area contributed by atoms with Crippen molar-refractivity contribution in [3.05, 3.63) is 42.2 Å². The average molecular weight is 369 g/mol. The van der Waals surface area contributed by atoms with Gasteiger partial charge in [-0.3, -0.25) is 4.79 Å². The summed E-state index contributed by atoms with van der Waals surface area (Å²) in [4.78, 5) is 23.4. The summed E-state index contributed by atoms with van der Waals surface area (Å²) in [5.74, 6) is 0.0566. The van der Waals surface area contributed by atoms with Crippen molar-refractivity contribution in [3.63, 3.8) is 0 Å². The molecular weight excluding hydrogens is 346 g/mol. The number of carbonyl (C=O) groups excluding carboxylic acids is 1. The first kappa shape index (κ1) is 18.6. The van der Waals surface area contributed by atoms with Gasteiger partial charge in [0.2, 0.25) is 5.95 Å². The minimum Gasteiger partial charge on any atom is -0.380 e. The van der Waals surface area contributed by atoms with Crippen molar-refractivity contribution in [1.29, 1.82) is 0 Å². The van der Waals surface area contributed by atoms with E-state index in [1.165, 1.54) is 6.20 Å². The zero-order valence-electron chi connectivity index (χ0n) is 15.0. The normalized spacial score (nSPS) is 12.1. The van der Waals surface area contributed by atoms with Gasteiger partial charge in [0.05, 0.1) is 6.61 Å². The van der Waals surface area contributed by atoms with Gasteiger partial charge in [0, 0.05) is 48.2 Å². The summed E-state index contributed by atoms with van der Waals surface area (Å²) in [5.41, 5.74) is 13.4. The van der Waals surface area contributed by atoms with Gasteiger partial charge >= 0.3 is 0 Å². The second kappa shape index (κ2) is 8.47. The third kappa shape index (κ3) is 4.52. The lowest BCUT2D eigenvalue weighted by Crippen LogP contribution is -2.34. The highest BCUT2D eigenvalue weighted by atomic mass is 16.5. The highest BCUT2D eigenvalue weighted by molar-refractivity contribution is 6.00. The fraction of sp³-hybridized carbons (Fsp3) is 0.278. The number of anilines is 3. The van der Waals surface area contributed by atoms with Crippen LogP contribution in [0.4, 0.5) is 17.5 Å². The first-order chi connectivity index (χ1) is 13.1. The number of ether oxygens (including phenoxy) is 1. The Labute approximate surface area is 156 Å². The standard InChI is InChI=1S/C18H23N7O2/c1-2-27-10-11(19)8-22-18-23-9-13(16(20)26)17(25-18)24-15-5-3-4-14-12(15)6-7-21-14/h3-7,9,11,21H,2,8,10,19H2,1H3,(H2,20,26)(H2,22,23,24,25)/t11-/m1/s1. The Hall–Kier alpha value is -3.17. The smallest absolute Gasteiger partial charge is 0.254 e. The predicted molar refractivity (Wildman–Crippen MR) is 105 cm³/mol. The summed E-state index contributed by atoms with van der Waals surface area (Å²) in [6.07, 6.45) is 3.24. The van der Waals surface area contributed by atoms with Crippen LogP contribution in [-0.2, 0) is 4.74 Å². The third-order valence-corrected chi connectivity index (χ3v) is 3.96. The zero-order valence-corrected chi connectivity index (χ0v) is 15.0. The van der Waals surface area contributed by atoms with Gasteiger partial charge in [0.1, 0.15) is 11.4 Å². The SMILES string of the molecule is CCOC[C@H](N)CNc1ncc(C(N)=O)c(Nc2cccc3[nH]ccc23)n1. The van der Waals surface area contributed by atoms with Crippen LogP contribution in [0.15, 0.2) is 36.7 Å². The van der Waals surface area contributed by atoms with Crippen LogP contribution in [0.25, 0.3) is 10.9 Å². The minimum absolute atomic E-state index is 0.200. The lowest BCUT2D eigenvalue weighted by Gasteiger charge is -2.14. The average Bonchev–Trinajstić information content (AvgIpc) is 3.14. The maximum Gasteiger partial charge on any atom is 0.254 e. The number of fused-ring (bicyclic) bond motifs is 1. The van der Waals surface area contributed by atoms with Gasteiger partial charge in [-0.2, -0.15) is 4.98 Å². The Kier molecular flexibility index (Phi) is 5.84. The second-order valence-electron chi connectivity index (χ2n) is 5.99. The lowest BCUT2D eigenvalue weighted by atomic mass is 10.2. The lowest BCUT2D eigenvalue weighted by molar-refractivity contribution is 0.100. The number of primary amides is 1. The Morgan fingerprint density at radius 3 is 3.00 bits per heavy atom. The molecule has 0 bridgehead atoms. The van der Waals surface area contributed by atoms with E-state index >= 15 is 0 Å². The molecule has 2 heterocycles. The molecule has 1 aromatic carbocycles. The number of carbonyl (C=O) groups is 1. The fourth-order valence-corrected chi connectivity index (χ4v) is 2.62. The van der Waals surface area contributed by atoms with Gasteiger partial charge in [-0.1, -0.05) is 6.07 Å². The van der Waals surface area contributed by atoms with Crippen LogP contribution in [0.1, 0.15) is 17.3 Å². The molecule has 0 spiro atoms. The molecule has 3 rings (SSSR count). The molecule has 1 amide bonds. The van der Waals surface area contributed by atoms with E-state index in [0.29, 0.717) is 31.5 Å². The van der Waals surface area contributed by atoms with Crippen molar-refractivity contribution >= 4 is 34.3 Å². The van der Waals surface area contributed by atoms with E-state index in [4.69, 9.17) is 16.2 Å². The van der Waals surface area contributed by atoms with Crippen LogP contribution >= 0.6 is 0 Å². The van der Waals surface area contributed by atoms with E-state index in [0.717, 1.165) is 16.6 Å². The van der Waals surface area contributed by atoms with Gasteiger partial charge in [-0.05, 0) is 25.1 Å². The predicted octanol–water partition coefficient (Wildman–Crippen LogP) is 1.58. The quantitative estimate of drug-likeness (QED) is 0.385. The molecule has 9 nitrogen and oxygen atoms in total. The number of aromatic nitrogens is 3.